The molecule has 1 atom stereocenters. The molecule has 0 saturated carbocycles. The number of rotatable bonds is 4. The topological polar surface area (TPSA) is 74.0 Å². The number of nitrogens with zero attached hydrogens (tertiary/aromatic N) is 2. The molecule has 3 heterocycles. The highest BCUT2D eigenvalue weighted by atomic mass is 19.1. The Morgan fingerprint density at radius 3 is 2.87 bits per heavy atom. The SMILES string of the molecule is COc1ccc(C2CCCN2C(=O)c2cc(-c3ccc4c(c3)OCO4)on2)c(F)c1. The Hall–Kier alpha value is -3.55. The Labute approximate surface area is 171 Å². The maximum absolute atomic E-state index is 14.6. The second-order valence-electron chi connectivity index (χ2n) is 7.19. The molecule has 0 spiro atoms. The summed E-state index contributed by atoms with van der Waals surface area (Å²) in [7, 11) is 1.49. The summed E-state index contributed by atoms with van der Waals surface area (Å²) in [5, 5.41) is 3.96. The lowest BCUT2D eigenvalue weighted by Crippen LogP contribution is -2.31. The maximum atomic E-state index is 14.6. The summed E-state index contributed by atoms with van der Waals surface area (Å²) >= 11 is 0. The number of hydrogen-bond acceptors (Lipinski definition) is 6. The van der Waals surface area contributed by atoms with Crippen molar-refractivity contribution in [1.82, 2.24) is 10.1 Å². The molecule has 8 heteroatoms. The molecule has 0 radical (unpaired) electrons. The number of amides is 1. The molecular formula is C22H19FN2O5. The molecule has 1 unspecified atom stereocenters. The smallest absolute Gasteiger partial charge is 0.276 e. The van der Waals surface area contributed by atoms with Gasteiger partial charge >= 0.3 is 0 Å². The van der Waals surface area contributed by atoms with Gasteiger partial charge in [-0.15, -0.1) is 0 Å². The zero-order valence-corrected chi connectivity index (χ0v) is 16.3. The summed E-state index contributed by atoms with van der Waals surface area (Å²) in [6.07, 6.45) is 1.47. The lowest BCUT2D eigenvalue weighted by atomic mass is 10.0. The predicted molar refractivity (Wildman–Crippen MR) is 104 cm³/mol. The summed E-state index contributed by atoms with van der Waals surface area (Å²) in [6.45, 7) is 0.707. The highest BCUT2D eigenvalue weighted by Gasteiger charge is 2.34. The van der Waals surface area contributed by atoms with Gasteiger partial charge in [-0.25, -0.2) is 4.39 Å². The van der Waals surface area contributed by atoms with Crippen LogP contribution in [0.4, 0.5) is 4.39 Å². The van der Waals surface area contributed by atoms with Crippen molar-refractivity contribution < 1.29 is 27.9 Å². The maximum Gasteiger partial charge on any atom is 0.276 e. The molecule has 3 aromatic rings. The summed E-state index contributed by atoms with van der Waals surface area (Å²) < 4.78 is 35.8. The first-order valence-corrected chi connectivity index (χ1v) is 9.65. The van der Waals surface area contributed by atoms with Crippen molar-refractivity contribution in [3.05, 3.63) is 59.5 Å². The number of fused-ring (bicyclic) bond motifs is 1. The minimum absolute atomic E-state index is 0.178. The van der Waals surface area contributed by atoms with Crippen LogP contribution in [0.2, 0.25) is 0 Å². The van der Waals surface area contributed by atoms with Gasteiger partial charge in [-0.3, -0.25) is 4.79 Å². The van der Waals surface area contributed by atoms with Crippen molar-refractivity contribution in [1.29, 1.82) is 0 Å². The van der Waals surface area contributed by atoms with Crippen LogP contribution in [0, 0.1) is 5.82 Å². The zero-order valence-electron chi connectivity index (χ0n) is 16.3. The van der Waals surface area contributed by atoms with Crippen molar-refractivity contribution in [3.63, 3.8) is 0 Å². The molecule has 154 valence electrons. The summed E-state index contributed by atoms with van der Waals surface area (Å²) in [5.41, 5.74) is 1.38. The minimum atomic E-state index is -0.389. The van der Waals surface area contributed by atoms with Crippen molar-refractivity contribution in [2.75, 3.05) is 20.4 Å². The van der Waals surface area contributed by atoms with E-state index in [4.69, 9.17) is 18.7 Å². The number of ether oxygens (including phenoxy) is 3. The molecular weight excluding hydrogens is 391 g/mol. The molecule has 0 N–H and O–H groups in total. The van der Waals surface area contributed by atoms with E-state index < -0.39 is 0 Å². The molecule has 2 aromatic carbocycles. The minimum Gasteiger partial charge on any atom is -0.497 e. The van der Waals surface area contributed by atoms with E-state index in [1.54, 1.807) is 35.2 Å². The number of hydrogen-bond donors (Lipinski definition) is 0. The molecule has 0 aliphatic carbocycles. The fraction of sp³-hybridized carbons (Fsp3) is 0.273. The lowest BCUT2D eigenvalue weighted by Gasteiger charge is -2.24. The number of likely N-dealkylation sites (tertiary alicyclic amines) is 1. The monoisotopic (exact) mass is 410 g/mol. The largest absolute Gasteiger partial charge is 0.497 e. The van der Waals surface area contributed by atoms with E-state index in [1.165, 1.54) is 13.2 Å². The highest BCUT2D eigenvalue weighted by Crippen LogP contribution is 2.38. The van der Waals surface area contributed by atoms with Gasteiger partial charge in [0, 0.05) is 29.8 Å². The van der Waals surface area contributed by atoms with E-state index >= 15 is 0 Å². The van der Waals surface area contributed by atoms with E-state index in [0.29, 0.717) is 41.5 Å². The molecule has 30 heavy (non-hydrogen) atoms. The first-order valence-electron chi connectivity index (χ1n) is 9.65. The van der Waals surface area contributed by atoms with E-state index in [9.17, 15) is 9.18 Å². The Bertz CT molecular complexity index is 1110. The van der Waals surface area contributed by atoms with Crippen LogP contribution in [-0.2, 0) is 0 Å². The first kappa shape index (κ1) is 18.5. The normalized spacial score (nSPS) is 17.4. The fourth-order valence-corrected chi connectivity index (χ4v) is 3.95. The van der Waals surface area contributed by atoms with Crippen molar-refractivity contribution in [2.45, 2.75) is 18.9 Å². The predicted octanol–water partition coefficient (Wildman–Crippen LogP) is 4.20. The molecule has 1 fully saturated rings. The molecule has 0 bridgehead atoms. The first-order chi connectivity index (χ1) is 14.6. The lowest BCUT2D eigenvalue weighted by molar-refractivity contribution is 0.0723. The van der Waals surface area contributed by atoms with Crippen LogP contribution in [0.25, 0.3) is 11.3 Å². The number of benzene rings is 2. The van der Waals surface area contributed by atoms with Gasteiger partial charge in [-0.2, -0.15) is 0 Å². The Balaban J connectivity index is 1.39. The van der Waals surface area contributed by atoms with Crippen LogP contribution < -0.4 is 14.2 Å². The third-order valence-corrected chi connectivity index (χ3v) is 5.47. The average molecular weight is 410 g/mol. The van der Waals surface area contributed by atoms with Crippen molar-refractivity contribution in [3.8, 4) is 28.6 Å². The average Bonchev–Trinajstić information content (AvgIpc) is 3.52. The molecule has 7 nitrogen and oxygen atoms in total. The van der Waals surface area contributed by atoms with Crippen LogP contribution in [0.15, 0.2) is 47.0 Å². The van der Waals surface area contributed by atoms with Gasteiger partial charge in [-0.1, -0.05) is 11.2 Å². The zero-order chi connectivity index (χ0) is 20.7. The number of carbonyl (C=O) groups excluding carboxylic acids is 1. The number of carbonyl (C=O) groups is 1. The Morgan fingerprint density at radius 2 is 2.03 bits per heavy atom. The van der Waals surface area contributed by atoms with Crippen LogP contribution in [0.1, 0.15) is 34.9 Å². The molecule has 5 rings (SSSR count). The number of methoxy groups -OCH3 is 1. The summed E-state index contributed by atoms with van der Waals surface area (Å²) in [5.74, 6) is 1.49. The summed E-state index contributed by atoms with van der Waals surface area (Å²) in [4.78, 5) is 14.8. The number of aromatic nitrogens is 1. The van der Waals surface area contributed by atoms with Crippen LogP contribution in [-0.4, -0.2) is 36.4 Å². The molecule has 1 aromatic heterocycles. The number of halogens is 1. The standard InChI is InChI=1S/C22H19FN2O5/c1-27-14-5-6-15(16(23)10-14)18-3-2-8-25(18)22(26)17-11-20(30-24-17)13-4-7-19-21(9-13)29-12-28-19/h4-7,9-11,18H,2-3,8,12H2,1H3. The van der Waals surface area contributed by atoms with Gasteiger partial charge in [0.2, 0.25) is 6.79 Å². The molecule has 2 aliphatic rings. The van der Waals surface area contributed by atoms with Gasteiger partial charge < -0.3 is 23.6 Å². The van der Waals surface area contributed by atoms with Gasteiger partial charge in [-0.05, 0) is 37.1 Å². The van der Waals surface area contributed by atoms with Gasteiger partial charge in [0.1, 0.15) is 11.6 Å². The Morgan fingerprint density at radius 1 is 1.17 bits per heavy atom. The van der Waals surface area contributed by atoms with Crippen LogP contribution >= 0.6 is 0 Å². The molecule has 1 saturated heterocycles. The Kier molecular flexibility index (Phi) is 4.54. The fourth-order valence-electron chi connectivity index (χ4n) is 3.95. The van der Waals surface area contributed by atoms with E-state index in [2.05, 4.69) is 5.16 Å². The third-order valence-electron chi connectivity index (χ3n) is 5.47. The van der Waals surface area contributed by atoms with E-state index in [1.807, 2.05) is 6.07 Å². The molecule has 2 aliphatic heterocycles. The van der Waals surface area contributed by atoms with Crippen LogP contribution in [0.5, 0.6) is 17.2 Å². The van der Waals surface area contributed by atoms with Crippen LogP contribution in [0.3, 0.4) is 0 Å². The third kappa shape index (κ3) is 3.14. The van der Waals surface area contributed by atoms with Crippen molar-refractivity contribution in [2.24, 2.45) is 0 Å². The van der Waals surface area contributed by atoms with Gasteiger partial charge in [0.15, 0.2) is 23.0 Å². The highest BCUT2D eigenvalue weighted by molar-refractivity contribution is 5.93. The van der Waals surface area contributed by atoms with E-state index in [-0.39, 0.29) is 30.3 Å². The molecule has 1 amide bonds. The second kappa shape index (κ2) is 7.37. The van der Waals surface area contributed by atoms with Gasteiger partial charge in [0.05, 0.1) is 13.2 Å². The second-order valence-corrected chi connectivity index (χ2v) is 7.19. The van der Waals surface area contributed by atoms with Gasteiger partial charge in [0.25, 0.3) is 5.91 Å². The van der Waals surface area contributed by atoms with Crippen molar-refractivity contribution >= 4 is 5.91 Å². The quantitative estimate of drug-likeness (QED) is 0.642. The summed E-state index contributed by atoms with van der Waals surface area (Å²) in [6, 6.07) is 11.3. The van der Waals surface area contributed by atoms with E-state index in [0.717, 1.165) is 12.0 Å².